The third-order valence-electron chi connectivity index (χ3n) is 4.93. The first kappa shape index (κ1) is 13.0. The van der Waals surface area contributed by atoms with Gasteiger partial charge >= 0.3 is 0 Å². The lowest BCUT2D eigenvalue weighted by molar-refractivity contribution is 0.448. The summed E-state index contributed by atoms with van der Waals surface area (Å²) >= 11 is 0. The smallest absolute Gasteiger partial charge is 0.152 e. The molecule has 23 heavy (non-hydrogen) atoms. The first-order valence-electron chi connectivity index (χ1n) is 8.17. The minimum Gasteiger partial charge on any atom is -0.346 e. The molecular weight excluding hydrogens is 290 g/mol. The molecule has 1 aliphatic heterocycles. The van der Waals surface area contributed by atoms with E-state index in [0.717, 1.165) is 35.8 Å². The Bertz CT molecular complexity index is 889. The number of aryl methyl sites for hydroxylation is 1. The summed E-state index contributed by atoms with van der Waals surface area (Å²) in [6, 6.07) is 2.45. The molecule has 0 spiro atoms. The molecule has 3 aromatic heterocycles. The molecule has 1 atom stereocenters. The van der Waals surface area contributed by atoms with Crippen molar-refractivity contribution >= 4 is 16.9 Å². The van der Waals surface area contributed by atoms with E-state index >= 15 is 0 Å². The van der Waals surface area contributed by atoms with Crippen LogP contribution in [0.15, 0.2) is 18.6 Å². The van der Waals surface area contributed by atoms with Crippen LogP contribution in [0.4, 0.5) is 5.82 Å². The number of anilines is 1. The van der Waals surface area contributed by atoms with Crippen LogP contribution in [0.2, 0.25) is 0 Å². The van der Waals surface area contributed by atoms with Gasteiger partial charge in [0.25, 0.3) is 0 Å². The fourth-order valence-corrected chi connectivity index (χ4v) is 3.66. The van der Waals surface area contributed by atoms with Crippen LogP contribution in [0.3, 0.4) is 0 Å². The van der Waals surface area contributed by atoms with E-state index in [1.165, 1.54) is 18.7 Å². The highest BCUT2D eigenvalue weighted by Gasteiger charge is 2.35. The number of nitrogens with zero attached hydrogens (tertiary/aromatic N) is 7. The number of aromatic nitrogens is 6. The van der Waals surface area contributed by atoms with Gasteiger partial charge < -0.3 is 14.0 Å². The monoisotopic (exact) mass is 309 g/mol. The quantitative estimate of drug-likeness (QED) is 0.724. The van der Waals surface area contributed by atoms with Gasteiger partial charge in [0.05, 0.1) is 18.0 Å². The molecule has 5 rings (SSSR count). The summed E-state index contributed by atoms with van der Waals surface area (Å²) in [4.78, 5) is 11.2. The van der Waals surface area contributed by atoms with E-state index in [0.29, 0.717) is 12.0 Å². The average molecular weight is 309 g/mol. The molecule has 0 radical (unpaired) electrons. The number of rotatable bonds is 2. The van der Waals surface area contributed by atoms with Crippen molar-refractivity contribution in [2.45, 2.75) is 38.3 Å². The summed E-state index contributed by atoms with van der Waals surface area (Å²) in [6.07, 6.45) is 6.19. The Hall–Kier alpha value is -2.44. The van der Waals surface area contributed by atoms with E-state index in [-0.39, 0.29) is 0 Å². The predicted octanol–water partition coefficient (Wildman–Crippen LogP) is 2.02. The zero-order chi connectivity index (χ0) is 15.6. The summed E-state index contributed by atoms with van der Waals surface area (Å²) in [7, 11) is 2.01. The highest BCUT2D eigenvalue weighted by Crippen LogP contribution is 2.41. The van der Waals surface area contributed by atoms with E-state index in [4.69, 9.17) is 0 Å². The molecule has 1 aliphatic carbocycles. The van der Waals surface area contributed by atoms with Gasteiger partial charge in [-0.3, -0.25) is 0 Å². The fourth-order valence-electron chi connectivity index (χ4n) is 3.66. The Morgan fingerprint density at radius 3 is 2.87 bits per heavy atom. The van der Waals surface area contributed by atoms with Gasteiger partial charge in [-0.05, 0) is 25.8 Å². The van der Waals surface area contributed by atoms with Crippen LogP contribution in [-0.4, -0.2) is 35.8 Å². The van der Waals surface area contributed by atoms with Gasteiger partial charge in [-0.1, -0.05) is 0 Å². The third-order valence-corrected chi connectivity index (χ3v) is 4.93. The molecule has 1 saturated carbocycles. The van der Waals surface area contributed by atoms with Crippen molar-refractivity contribution < 1.29 is 0 Å². The molecule has 0 aromatic carbocycles. The van der Waals surface area contributed by atoms with Gasteiger partial charge in [0, 0.05) is 25.7 Å². The van der Waals surface area contributed by atoms with Crippen LogP contribution in [0.1, 0.15) is 43.4 Å². The lowest BCUT2D eigenvalue weighted by Gasteiger charge is -2.33. The topological polar surface area (TPSA) is 64.7 Å². The van der Waals surface area contributed by atoms with Crippen LogP contribution >= 0.6 is 0 Å². The second-order valence-corrected chi connectivity index (χ2v) is 6.71. The van der Waals surface area contributed by atoms with E-state index in [9.17, 15) is 0 Å². The minimum absolute atomic E-state index is 0.359. The van der Waals surface area contributed by atoms with Gasteiger partial charge in [-0.2, -0.15) is 0 Å². The summed E-state index contributed by atoms with van der Waals surface area (Å²) < 4.78 is 4.37. The molecule has 0 N–H and O–H groups in total. The molecule has 3 aromatic rings. The zero-order valence-corrected chi connectivity index (χ0v) is 13.3. The normalized spacial score (nSPS) is 21.0. The first-order valence-corrected chi connectivity index (χ1v) is 8.17. The van der Waals surface area contributed by atoms with Crippen LogP contribution in [-0.2, 0) is 13.6 Å². The standard InChI is InChI=1S/C16H19N7/c1-10-7-22(8-13-19-20-14(23(10)13)11-3-4-11)16-12-5-6-21(2)15(12)17-9-18-16/h5-6,9-11H,3-4,7-8H2,1-2H3/t10-/m0/s1. The average Bonchev–Trinajstić information content (AvgIpc) is 3.20. The molecule has 118 valence electrons. The van der Waals surface area contributed by atoms with Gasteiger partial charge in [0.1, 0.15) is 23.6 Å². The lowest BCUT2D eigenvalue weighted by atomic mass is 10.2. The largest absolute Gasteiger partial charge is 0.346 e. The van der Waals surface area contributed by atoms with E-state index in [1.807, 2.05) is 17.8 Å². The Morgan fingerprint density at radius 2 is 2.04 bits per heavy atom. The Morgan fingerprint density at radius 1 is 1.17 bits per heavy atom. The van der Waals surface area contributed by atoms with Crippen LogP contribution in [0.5, 0.6) is 0 Å². The highest BCUT2D eigenvalue weighted by atomic mass is 15.4. The molecule has 4 heterocycles. The molecule has 0 bridgehead atoms. The predicted molar refractivity (Wildman–Crippen MR) is 86.3 cm³/mol. The first-order chi connectivity index (χ1) is 11.2. The maximum absolute atomic E-state index is 4.55. The van der Waals surface area contributed by atoms with Crippen molar-refractivity contribution in [1.29, 1.82) is 0 Å². The van der Waals surface area contributed by atoms with Gasteiger partial charge in [0.2, 0.25) is 0 Å². The van der Waals surface area contributed by atoms with E-state index in [2.05, 4.69) is 42.6 Å². The highest BCUT2D eigenvalue weighted by molar-refractivity contribution is 5.87. The van der Waals surface area contributed by atoms with Crippen molar-refractivity contribution in [1.82, 2.24) is 29.3 Å². The molecular formula is C16H19N7. The maximum Gasteiger partial charge on any atom is 0.152 e. The van der Waals surface area contributed by atoms with E-state index in [1.54, 1.807) is 6.33 Å². The molecule has 7 heteroatoms. The molecule has 1 fully saturated rings. The van der Waals surface area contributed by atoms with E-state index < -0.39 is 0 Å². The number of hydrogen-bond acceptors (Lipinski definition) is 5. The second-order valence-electron chi connectivity index (χ2n) is 6.71. The fraction of sp³-hybridized carbons (Fsp3) is 0.500. The maximum atomic E-state index is 4.55. The van der Waals surface area contributed by atoms with Crippen molar-refractivity contribution in [3.63, 3.8) is 0 Å². The lowest BCUT2D eigenvalue weighted by Crippen LogP contribution is -2.37. The Balaban J connectivity index is 1.57. The summed E-state index contributed by atoms with van der Waals surface area (Å²) in [6.45, 7) is 3.92. The van der Waals surface area contributed by atoms with Crippen molar-refractivity contribution in [2.24, 2.45) is 7.05 Å². The van der Waals surface area contributed by atoms with Gasteiger partial charge in [-0.15, -0.1) is 10.2 Å². The SMILES string of the molecule is C[C@H]1CN(c2ncnc3c2ccn3C)Cc2nnc(C3CC3)n21. The van der Waals surface area contributed by atoms with Crippen LogP contribution < -0.4 is 4.90 Å². The minimum atomic E-state index is 0.359. The third kappa shape index (κ3) is 1.89. The molecule has 0 saturated heterocycles. The summed E-state index contributed by atoms with van der Waals surface area (Å²) in [5.74, 6) is 3.85. The molecule has 0 unspecified atom stereocenters. The number of fused-ring (bicyclic) bond motifs is 2. The van der Waals surface area contributed by atoms with Crippen molar-refractivity contribution in [3.8, 4) is 0 Å². The summed E-state index contributed by atoms with van der Waals surface area (Å²) in [5.41, 5.74) is 0.966. The van der Waals surface area contributed by atoms with Crippen LogP contribution in [0.25, 0.3) is 11.0 Å². The molecule has 7 nitrogen and oxygen atoms in total. The number of hydrogen-bond donors (Lipinski definition) is 0. The Labute approximate surface area is 134 Å². The van der Waals surface area contributed by atoms with Crippen molar-refractivity contribution in [3.05, 3.63) is 30.2 Å². The van der Waals surface area contributed by atoms with Gasteiger partial charge in [0.15, 0.2) is 5.82 Å². The Kier molecular flexibility index (Phi) is 2.57. The van der Waals surface area contributed by atoms with Crippen LogP contribution in [0, 0.1) is 0 Å². The van der Waals surface area contributed by atoms with Gasteiger partial charge in [-0.25, -0.2) is 9.97 Å². The van der Waals surface area contributed by atoms with Crippen molar-refractivity contribution in [2.75, 3.05) is 11.4 Å². The molecule has 0 amide bonds. The zero-order valence-electron chi connectivity index (χ0n) is 13.3. The molecule has 2 aliphatic rings. The second kappa shape index (κ2) is 4.53. The summed E-state index contributed by atoms with van der Waals surface area (Å²) in [5, 5.41) is 10.0.